The molecule has 0 bridgehead atoms. The second-order valence-electron chi connectivity index (χ2n) is 7.23. The minimum absolute atomic E-state index is 0.0561. The maximum atomic E-state index is 13.3. The first-order valence-electron chi connectivity index (χ1n) is 9.65. The van der Waals surface area contributed by atoms with Crippen LogP contribution in [0.25, 0.3) is 0 Å². The van der Waals surface area contributed by atoms with E-state index in [1.807, 2.05) is 30.3 Å². The monoisotopic (exact) mass is 405 g/mol. The maximum Gasteiger partial charge on any atom is 0.410 e. The van der Waals surface area contributed by atoms with Crippen LogP contribution in [0.2, 0.25) is 0 Å². The van der Waals surface area contributed by atoms with Crippen molar-refractivity contribution in [1.82, 2.24) is 9.80 Å². The first kappa shape index (κ1) is 20.9. The summed E-state index contributed by atoms with van der Waals surface area (Å²) in [5.74, 6) is -1.90. The number of anilines is 1. The fourth-order valence-electron chi connectivity index (χ4n) is 4.05. The average Bonchev–Trinajstić information content (AvgIpc) is 2.77. The van der Waals surface area contributed by atoms with Gasteiger partial charge in [0.25, 0.3) is 0 Å². The number of β-amino-alcohol motifs (C(OH)–C–C–N with tert-alkyl or cyclic N) is 1. The molecule has 0 saturated carbocycles. The highest BCUT2D eigenvalue weighted by atomic mass is 16.5. The van der Waals surface area contributed by atoms with Crippen LogP contribution < -0.4 is 4.90 Å². The van der Waals surface area contributed by atoms with Crippen LogP contribution in [0.1, 0.15) is 6.42 Å². The highest BCUT2D eigenvalue weighted by Crippen LogP contribution is 2.28. The molecular formula is C20H27N3O6. The molecule has 3 unspecified atom stereocenters. The van der Waals surface area contributed by atoms with Crippen molar-refractivity contribution >= 4 is 23.7 Å². The van der Waals surface area contributed by atoms with Gasteiger partial charge in [0.05, 0.1) is 32.8 Å². The number of hydrogen-bond donors (Lipinski definition) is 1. The smallest absolute Gasteiger partial charge is 0.410 e. The number of likely N-dealkylation sites (tertiary alicyclic amines) is 1. The Morgan fingerprint density at radius 3 is 2.24 bits per heavy atom. The maximum absolute atomic E-state index is 13.3. The van der Waals surface area contributed by atoms with Gasteiger partial charge in [-0.3, -0.25) is 14.5 Å². The number of rotatable bonds is 3. The molecule has 2 aliphatic heterocycles. The number of carbonyl (C=O) groups excluding carboxylic acids is 3. The van der Waals surface area contributed by atoms with Gasteiger partial charge in [0.1, 0.15) is 6.04 Å². The van der Waals surface area contributed by atoms with Crippen molar-refractivity contribution in [1.29, 1.82) is 0 Å². The van der Waals surface area contributed by atoms with Crippen molar-refractivity contribution in [3.05, 3.63) is 30.3 Å². The number of aliphatic hydroxyl groups excluding tert-OH is 1. The molecule has 9 nitrogen and oxygen atoms in total. The van der Waals surface area contributed by atoms with Crippen molar-refractivity contribution in [2.24, 2.45) is 5.92 Å². The largest absolute Gasteiger partial charge is 0.469 e. The number of esters is 1. The predicted molar refractivity (Wildman–Crippen MR) is 104 cm³/mol. The number of hydrogen-bond acceptors (Lipinski definition) is 7. The number of para-hydroxylation sites is 1. The van der Waals surface area contributed by atoms with Gasteiger partial charge in [0, 0.05) is 31.9 Å². The lowest BCUT2D eigenvalue weighted by Crippen LogP contribution is -2.63. The Bertz CT molecular complexity index is 709. The van der Waals surface area contributed by atoms with E-state index in [0.717, 1.165) is 10.6 Å². The number of nitrogens with zero attached hydrogens (tertiary/aromatic N) is 3. The highest BCUT2D eigenvalue weighted by molar-refractivity contribution is 5.91. The summed E-state index contributed by atoms with van der Waals surface area (Å²) in [6.45, 7) is 2.16. The molecule has 1 N–H and O–H groups in total. The Balaban J connectivity index is 1.76. The number of aliphatic hydroxyl groups is 1. The van der Waals surface area contributed by atoms with Crippen LogP contribution in [0.15, 0.2) is 30.3 Å². The molecule has 29 heavy (non-hydrogen) atoms. The van der Waals surface area contributed by atoms with Gasteiger partial charge in [-0.05, 0) is 18.6 Å². The lowest BCUT2D eigenvalue weighted by atomic mass is 9.86. The molecule has 1 aromatic rings. The van der Waals surface area contributed by atoms with E-state index in [1.54, 1.807) is 4.90 Å². The second kappa shape index (κ2) is 9.13. The molecular weight excluding hydrogens is 378 g/mol. The van der Waals surface area contributed by atoms with E-state index in [0.29, 0.717) is 26.2 Å². The molecule has 0 spiro atoms. The summed E-state index contributed by atoms with van der Waals surface area (Å²) in [5.41, 5.74) is 1.09. The SMILES string of the molecule is COC(=O)C1CC(O)CN(C(=O)OC)C1C(=O)N1CCN(c2ccccc2)CC1. The van der Waals surface area contributed by atoms with E-state index in [9.17, 15) is 19.5 Å². The second-order valence-corrected chi connectivity index (χ2v) is 7.23. The molecule has 9 heteroatoms. The number of methoxy groups -OCH3 is 2. The minimum atomic E-state index is -1.05. The fraction of sp³-hybridized carbons (Fsp3) is 0.550. The van der Waals surface area contributed by atoms with E-state index in [1.165, 1.54) is 14.2 Å². The molecule has 0 aliphatic carbocycles. The Morgan fingerprint density at radius 1 is 1.00 bits per heavy atom. The number of benzene rings is 1. The van der Waals surface area contributed by atoms with E-state index in [2.05, 4.69) is 4.90 Å². The van der Waals surface area contributed by atoms with E-state index in [-0.39, 0.29) is 18.9 Å². The summed E-state index contributed by atoms with van der Waals surface area (Å²) in [4.78, 5) is 42.9. The third kappa shape index (κ3) is 4.45. The molecule has 2 aliphatic rings. The van der Waals surface area contributed by atoms with E-state index in [4.69, 9.17) is 9.47 Å². The van der Waals surface area contributed by atoms with Crippen molar-refractivity contribution in [2.45, 2.75) is 18.6 Å². The quantitative estimate of drug-likeness (QED) is 0.723. The van der Waals surface area contributed by atoms with Crippen LogP contribution in [-0.2, 0) is 19.1 Å². The van der Waals surface area contributed by atoms with Gasteiger partial charge in [0.2, 0.25) is 5.91 Å². The summed E-state index contributed by atoms with van der Waals surface area (Å²) in [5, 5.41) is 10.1. The van der Waals surface area contributed by atoms with Crippen LogP contribution in [0.5, 0.6) is 0 Å². The molecule has 0 aromatic heterocycles. The van der Waals surface area contributed by atoms with E-state index >= 15 is 0 Å². The first-order valence-corrected chi connectivity index (χ1v) is 9.65. The molecule has 3 rings (SSSR count). The molecule has 2 saturated heterocycles. The van der Waals surface area contributed by atoms with Gasteiger partial charge in [0.15, 0.2) is 0 Å². The molecule has 2 heterocycles. The van der Waals surface area contributed by atoms with Gasteiger partial charge in [-0.1, -0.05) is 18.2 Å². The summed E-state index contributed by atoms with van der Waals surface area (Å²) in [6.07, 6.45) is -1.63. The standard InChI is InChI=1S/C20H27N3O6/c1-28-19(26)16-12-15(24)13-23(20(27)29-2)17(16)18(25)22-10-8-21(9-11-22)14-6-4-3-5-7-14/h3-7,15-17,24H,8-13H2,1-2H3. The normalized spacial score (nSPS) is 24.8. The Morgan fingerprint density at radius 2 is 1.66 bits per heavy atom. The average molecular weight is 405 g/mol. The number of carbonyl (C=O) groups is 3. The van der Waals surface area contributed by atoms with Gasteiger partial charge >= 0.3 is 12.1 Å². The van der Waals surface area contributed by atoms with Crippen molar-refractivity contribution in [2.75, 3.05) is 51.8 Å². The molecule has 0 radical (unpaired) electrons. The van der Waals surface area contributed by atoms with Crippen LogP contribution in [0.3, 0.4) is 0 Å². The Labute approximate surface area is 169 Å². The molecule has 1 aromatic carbocycles. The van der Waals surface area contributed by atoms with Gasteiger partial charge in [-0.2, -0.15) is 0 Å². The zero-order valence-electron chi connectivity index (χ0n) is 16.7. The molecule has 158 valence electrons. The van der Waals surface area contributed by atoms with Gasteiger partial charge in [-0.15, -0.1) is 0 Å². The third-order valence-corrected chi connectivity index (χ3v) is 5.53. The van der Waals surface area contributed by atoms with Crippen LogP contribution in [0, 0.1) is 5.92 Å². The first-order chi connectivity index (χ1) is 14.0. The Kier molecular flexibility index (Phi) is 6.58. The van der Waals surface area contributed by atoms with Gasteiger partial charge in [-0.25, -0.2) is 4.79 Å². The van der Waals surface area contributed by atoms with E-state index < -0.39 is 30.1 Å². The molecule has 2 amide bonds. The molecule has 2 fully saturated rings. The van der Waals surface area contributed by atoms with Gasteiger partial charge < -0.3 is 24.4 Å². The highest BCUT2D eigenvalue weighted by Gasteiger charge is 2.48. The lowest BCUT2D eigenvalue weighted by molar-refractivity contribution is -0.159. The van der Waals surface area contributed by atoms with Crippen LogP contribution >= 0.6 is 0 Å². The minimum Gasteiger partial charge on any atom is -0.469 e. The predicted octanol–water partition coefficient (Wildman–Crippen LogP) is 0.326. The Hall–Kier alpha value is -2.81. The summed E-state index contributed by atoms with van der Waals surface area (Å²) in [6, 6.07) is 8.87. The number of ether oxygens (including phenoxy) is 2. The molecule has 3 atom stereocenters. The number of piperazine rings is 1. The number of amides is 2. The van der Waals surface area contributed by atoms with Crippen molar-refractivity contribution in [3.63, 3.8) is 0 Å². The number of piperidine rings is 1. The third-order valence-electron chi connectivity index (χ3n) is 5.53. The summed E-state index contributed by atoms with van der Waals surface area (Å²) < 4.78 is 9.62. The van der Waals surface area contributed by atoms with Crippen LogP contribution in [0.4, 0.5) is 10.5 Å². The topological polar surface area (TPSA) is 99.6 Å². The summed E-state index contributed by atoms with van der Waals surface area (Å²) >= 11 is 0. The van der Waals surface area contributed by atoms with Crippen molar-refractivity contribution < 1.29 is 29.0 Å². The zero-order valence-corrected chi connectivity index (χ0v) is 16.7. The summed E-state index contributed by atoms with van der Waals surface area (Å²) in [7, 11) is 2.43. The lowest BCUT2D eigenvalue weighted by Gasteiger charge is -2.44. The van der Waals surface area contributed by atoms with Crippen molar-refractivity contribution in [3.8, 4) is 0 Å². The zero-order chi connectivity index (χ0) is 21.0. The van der Waals surface area contributed by atoms with Crippen LogP contribution in [-0.4, -0.2) is 92.0 Å². The fourth-order valence-corrected chi connectivity index (χ4v) is 4.05.